The Hall–Kier alpha value is -3.78. The average molecular weight is 488 g/mol. The highest BCUT2D eigenvalue weighted by molar-refractivity contribution is 8.00. The first kappa shape index (κ1) is 24.3. The number of aryl methyl sites for hydroxylation is 1. The van der Waals surface area contributed by atoms with Crippen LogP contribution in [-0.4, -0.2) is 40.0 Å². The number of hydrogen-bond donors (Lipinski definition) is 1. The molecule has 0 bridgehead atoms. The summed E-state index contributed by atoms with van der Waals surface area (Å²) in [5.74, 6) is 1.36. The molecular weight excluding hydrogens is 458 g/mol. The Morgan fingerprint density at radius 1 is 1.00 bits per heavy atom. The summed E-state index contributed by atoms with van der Waals surface area (Å²) in [6.07, 6.45) is 0. The van der Waals surface area contributed by atoms with Gasteiger partial charge in [0.25, 0.3) is 0 Å². The van der Waals surface area contributed by atoms with Crippen LogP contribution in [-0.2, 0) is 11.4 Å². The predicted octanol–water partition coefficient (Wildman–Crippen LogP) is 5.34. The Balaban J connectivity index is 1.51. The summed E-state index contributed by atoms with van der Waals surface area (Å²) in [5, 5.41) is 12.0. The fourth-order valence-corrected chi connectivity index (χ4v) is 4.35. The topological polar surface area (TPSA) is 72.3 Å². The maximum atomic E-state index is 12.9. The molecule has 0 radical (unpaired) electrons. The maximum Gasteiger partial charge on any atom is 0.237 e. The van der Waals surface area contributed by atoms with Gasteiger partial charge in [0.15, 0.2) is 11.0 Å². The predicted molar refractivity (Wildman–Crippen MR) is 142 cm³/mol. The van der Waals surface area contributed by atoms with E-state index in [2.05, 4.69) is 15.5 Å². The third kappa shape index (κ3) is 6.02. The second-order valence-electron chi connectivity index (χ2n) is 8.31. The van der Waals surface area contributed by atoms with Crippen LogP contribution in [0.15, 0.2) is 84.0 Å². The van der Waals surface area contributed by atoms with Crippen molar-refractivity contribution in [1.82, 2.24) is 14.8 Å². The van der Waals surface area contributed by atoms with E-state index in [0.717, 1.165) is 28.4 Å². The molecule has 4 rings (SSSR count). The molecule has 180 valence electrons. The lowest BCUT2D eigenvalue weighted by molar-refractivity contribution is -0.115. The van der Waals surface area contributed by atoms with E-state index < -0.39 is 0 Å². The molecule has 0 fully saturated rings. The normalized spacial score (nSPS) is 11.7. The van der Waals surface area contributed by atoms with E-state index in [0.29, 0.717) is 11.0 Å². The van der Waals surface area contributed by atoms with Gasteiger partial charge < -0.3 is 15.0 Å². The Labute approximate surface area is 210 Å². The van der Waals surface area contributed by atoms with E-state index in [1.165, 1.54) is 11.8 Å². The molecule has 1 N–H and O–H groups in total. The molecule has 1 amide bonds. The first-order chi connectivity index (χ1) is 16.9. The largest absolute Gasteiger partial charge is 0.485 e. The Morgan fingerprint density at radius 2 is 1.69 bits per heavy atom. The van der Waals surface area contributed by atoms with Gasteiger partial charge in [-0.05, 0) is 61.9 Å². The number of thioether (sulfide) groups is 1. The van der Waals surface area contributed by atoms with Crippen molar-refractivity contribution in [2.75, 3.05) is 24.3 Å². The quantitative estimate of drug-likeness (QED) is 0.321. The van der Waals surface area contributed by atoms with Gasteiger partial charge in [-0.1, -0.05) is 48.2 Å². The minimum atomic E-state index is -0.389. The molecule has 3 aromatic carbocycles. The van der Waals surface area contributed by atoms with Crippen LogP contribution in [0.4, 0.5) is 11.4 Å². The molecule has 0 spiro atoms. The first-order valence-corrected chi connectivity index (χ1v) is 12.2. The van der Waals surface area contributed by atoms with E-state index in [1.54, 1.807) is 0 Å². The summed E-state index contributed by atoms with van der Waals surface area (Å²) >= 11 is 1.36. The number of rotatable bonds is 9. The van der Waals surface area contributed by atoms with Gasteiger partial charge in [0.1, 0.15) is 12.4 Å². The number of carbonyl (C=O) groups excluding carboxylic acids is 1. The Kier molecular flexibility index (Phi) is 7.72. The molecule has 7 nitrogen and oxygen atoms in total. The summed E-state index contributed by atoms with van der Waals surface area (Å²) in [6, 6.07) is 25.5. The van der Waals surface area contributed by atoms with Crippen molar-refractivity contribution >= 4 is 29.0 Å². The van der Waals surface area contributed by atoms with Crippen LogP contribution >= 0.6 is 11.8 Å². The maximum absolute atomic E-state index is 12.9. The number of para-hydroxylation sites is 2. The molecule has 0 aliphatic heterocycles. The highest BCUT2D eigenvalue weighted by Crippen LogP contribution is 2.28. The van der Waals surface area contributed by atoms with Crippen molar-refractivity contribution in [1.29, 1.82) is 0 Å². The molecule has 0 saturated carbocycles. The lowest BCUT2D eigenvalue weighted by Crippen LogP contribution is -2.23. The zero-order valence-electron chi connectivity index (χ0n) is 20.3. The fourth-order valence-electron chi connectivity index (χ4n) is 3.47. The van der Waals surface area contributed by atoms with E-state index in [-0.39, 0.29) is 17.8 Å². The number of aromatic nitrogens is 3. The summed E-state index contributed by atoms with van der Waals surface area (Å²) in [7, 11) is 3.96. The number of anilines is 2. The monoisotopic (exact) mass is 487 g/mol. The van der Waals surface area contributed by atoms with Gasteiger partial charge in [-0.15, -0.1) is 10.2 Å². The van der Waals surface area contributed by atoms with E-state index in [9.17, 15) is 4.79 Å². The van der Waals surface area contributed by atoms with Crippen LogP contribution in [0.1, 0.15) is 18.3 Å². The number of nitrogens with one attached hydrogen (secondary N) is 1. The minimum Gasteiger partial charge on any atom is -0.485 e. The average Bonchev–Trinajstić information content (AvgIpc) is 3.26. The van der Waals surface area contributed by atoms with Gasteiger partial charge in [0.05, 0.1) is 5.25 Å². The summed E-state index contributed by atoms with van der Waals surface area (Å²) in [5.41, 5.74) is 3.79. The Bertz CT molecular complexity index is 1270. The van der Waals surface area contributed by atoms with Crippen LogP contribution in [0, 0.1) is 6.92 Å². The van der Waals surface area contributed by atoms with Gasteiger partial charge in [0, 0.05) is 31.2 Å². The van der Waals surface area contributed by atoms with Crippen molar-refractivity contribution in [3.63, 3.8) is 0 Å². The first-order valence-electron chi connectivity index (χ1n) is 11.4. The smallest absolute Gasteiger partial charge is 0.237 e. The third-order valence-corrected chi connectivity index (χ3v) is 6.51. The highest BCUT2D eigenvalue weighted by atomic mass is 32.2. The van der Waals surface area contributed by atoms with Crippen molar-refractivity contribution in [3.05, 3.63) is 90.3 Å². The second-order valence-corrected chi connectivity index (χ2v) is 9.62. The molecular formula is C27H29N5O2S. The second kappa shape index (κ2) is 11.1. The van der Waals surface area contributed by atoms with Crippen LogP contribution in [0.25, 0.3) is 5.69 Å². The number of hydrogen-bond acceptors (Lipinski definition) is 6. The van der Waals surface area contributed by atoms with Crippen molar-refractivity contribution in [2.45, 2.75) is 30.9 Å². The van der Waals surface area contributed by atoms with Crippen LogP contribution in [0.3, 0.4) is 0 Å². The van der Waals surface area contributed by atoms with Crippen molar-refractivity contribution < 1.29 is 9.53 Å². The van der Waals surface area contributed by atoms with E-state index in [4.69, 9.17) is 4.74 Å². The number of carbonyl (C=O) groups is 1. The summed E-state index contributed by atoms with van der Waals surface area (Å²) in [6.45, 7) is 4.13. The zero-order chi connectivity index (χ0) is 24.8. The van der Waals surface area contributed by atoms with Gasteiger partial charge in [-0.2, -0.15) is 0 Å². The number of ether oxygens (including phenoxy) is 1. The van der Waals surface area contributed by atoms with Gasteiger partial charge in [-0.3, -0.25) is 9.36 Å². The molecule has 4 aromatic rings. The third-order valence-electron chi connectivity index (χ3n) is 5.47. The van der Waals surface area contributed by atoms with Crippen LogP contribution < -0.4 is 15.0 Å². The number of amides is 1. The van der Waals surface area contributed by atoms with Crippen molar-refractivity contribution in [3.8, 4) is 11.4 Å². The summed E-state index contributed by atoms with van der Waals surface area (Å²) < 4.78 is 7.98. The summed E-state index contributed by atoms with van der Waals surface area (Å²) in [4.78, 5) is 14.9. The molecule has 0 aliphatic carbocycles. The molecule has 0 aliphatic rings. The lowest BCUT2D eigenvalue weighted by atomic mass is 10.2. The Morgan fingerprint density at radius 3 is 2.37 bits per heavy atom. The SMILES string of the molecule is Cc1ccccc1OCc1nnc(SC(C)C(=O)Nc2ccc(N(C)C)cc2)n1-c1ccccc1. The van der Waals surface area contributed by atoms with E-state index in [1.807, 2.05) is 116 Å². The molecule has 0 saturated heterocycles. The van der Waals surface area contributed by atoms with Crippen LogP contribution in [0.2, 0.25) is 0 Å². The fraction of sp³-hybridized carbons (Fsp3) is 0.222. The van der Waals surface area contributed by atoms with E-state index >= 15 is 0 Å². The van der Waals surface area contributed by atoms with Crippen molar-refractivity contribution in [2.24, 2.45) is 0 Å². The molecule has 1 heterocycles. The number of nitrogens with zero attached hydrogens (tertiary/aromatic N) is 4. The lowest BCUT2D eigenvalue weighted by Gasteiger charge is -2.15. The van der Waals surface area contributed by atoms with Gasteiger partial charge in [0.2, 0.25) is 5.91 Å². The molecule has 35 heavy (non-hydrogen) atoms. The minimum absolute atomic E-state index is 0.104. The zero-order valence-corrected chi connectivity index (χ0v) is 21.1. The van der Waals surface area contributed by atoms with Crippen LogP contribution in [0.5, 0.6) is 5.75 Å². The number of benzene rings is 3. The van der Waals surface area contributed by atoms with Gasteiger partial charge in [-0.25, -0.2) is 0 Å². The highest BCUT2D eigenvalue weighted by Gasteiger charge is 2.22. The molecule has 1 unspecified atom stereocenters. The molecule has 1 atom stereocenters. The van der Waals surface area contributed by atoms with Gasteiger partial charge >= 0.3 is 0 Å². The standard InChI is InChI=1S/C27H29N5O2S/c1-19-10-8-9-13-24(19)34-18-25-29-30-27(32(25)23-11-6-5-7-12-23)35-20(2)26(33)28-21-14-16-22(17-15-21)31(3)4/h5-17,20H,18H2,1-4H3,(H,28,33). The molecule has 8 heteroatoms. The molecule has 1 aromatic heterocycles.